The quantitative estimate of drug-likeness (QED) is 0.447. The highest BCUT2D eigenvalue weighted by atomic mass is 32.2. The molecular weight excluding hydrogens is 390 g/mol. The third-order valence-corrected chi connectivity index (χ3v) is 6.65. The molecule has 2 aromatic carbocycles. The lowest BCUT2D eigenvalue weighted by Gasteiger charge is -2.23. The Bertz CT molecular complexity index is 1060. The van der Waals surface area contributed by atoms with Crippen molar-refractivity contribution in [2.75, 3.05) is 12.8 Å². The maximum absolute atomic E-state index is 12.7. The van der Waals surface area contributed by atoms with E-state index in [1.54, 1.807) is 22.6 Å². The van der Waals surface area contributed by atoms with Crippen LogP contribution in [-0.2, 0) is 4.79 Å². The van der Waals surface area contributed by atoms with Crippen LogP contribution in [-0.4, -0.2) is 43.4 Å². The second kappa shape index (κ2) is 8.12. The van der Waals surface area contributed by atoms with Gasteiger partial charge in [0.1, 0.15) is 11.3 Å². The van der Waals surface area contributed by atoms with E-state index in [9.17, 15) is 4.79 Å². The Labute approximate surface area is 171 Å². The number of thioether (sulfide) groups is 1. The molecule has 8 heteroatoms. The number of hydrogen-bond donors (Lipinski definition) is 0. The highest BCUT2D eigenvalue weighted by Gasteiger charge is 2.21. The number of thiazole rings is 1. The topological polar surface area (TPSA) is 63.9 Å². The SMILES string of the molecule is C[C@@H](c1nc2ccccc2s1)N(C)C(=O)CSc1nncn1-c1ccccc1. The fourth-order valence-corrected chi connectivity index (χ4v) is 4.68. The second-order valence-electron chi connectivity index (χ2n) is 6.31. The van der Waals surface area contributed by atoms with E-state index >= 15 is 0 Å². The molecule has 0 unspecified atom stereocenters. The van der Waals surface area contributed by atoms with Gasteiger partial charge in [0.2, 0.25) is 5.91 Å². The number of nitrogens with zero attached hydrogens (tertiary/aromatic N) is 5. The first-order valence-electron chi connectivity index (χ1n) is 8.83. The Morgan fingerprint density at radius 2 is 1.93 bits per heavy atom. The van der Waals surface area contributed by atoms with Gasteiger partial charge in [0.25, 0.3) is 0 Å². The number of carbonyl (C=O) groups excluding carboxylic acids is 1. The number of amides is 1. The molecule has 0 radical (unpaired) electrons. The summed E-state index contributed by atoms with van der Waals surface area (Å²) in [6, 6.07) is 17.8. The average molecular weight is 410 g/mol. The van der Waals surface area contributed by atoms with Crippen molar-refractivity contribution >= 4 is 39.2 Å². The zero-order valence-electron chi connectivity index (χ0n) is 15.5. The summed E-state index contributed by atoms with van der Waals surface area (Å²) in [4.78, 5) is 19.2. The molecule has 0 aliphatic heterocycles. The molecule has 2 heterocycles. The van der Waals surface area contributed by atoms with Gasteiger partial charge in [0, 0.05) is 12.7 Å². The van der Waals surface area contributed by atoms with Crippen LogP contribution in [0.2, 0.25) is 0 Å². The van der Waals surface area contributed by atoms with E-state index < -0.39 is 0 Å². The van der Waals surface area contributed by atoms with Gasteiger partial charge in [-0.05, 0) is 31.2 Å². The molecule has 0 N–H and O–H groups in total. The molecule has 28 heavy (non-hydrogen) atoms. The van der Waals surface area contributed by atoms with Crippen molar-refractivity contribution in [3.63, 3.8) is 0 Å². The van der Waals surface area contributed by atoms with Gasteiger partial charge in [-0.25, -0.2) is 4.98 Å². The molecule has 4 rings (SSSR count). The van der Waals surface area contributed by atoms with Gasteiger partial charge < -0.3 is 4.90 Å². The fourth-order valence-electron chi connectivity index (χ4n) is 2.77. The third kappa shape index (κ3) is 3.79. The molecule has 1 atom stereocenters. The first-order chi connectivity index (χ1) is 13.6. The van der Waals surface area contributed by atoms with Crippen LogP contribution in [0, 0.1) is 0 Å². The largest absolute Gasteiger partial charge is 0.336 e. The predicted octanol–water partition coefficient (Wildman–Crippen LogP) is 4.19. The Hall–Kier alpha value is -2.71. The van der Waals surface area contributed by atoms with Gasteiger partial charge in [-0.3, -0.25) is 9.36 Å². The lowest BCUT2D eigenvalue weighted by molar-refractivity contribution is -0.128. The Balaban J connectivity index is 1.43. The van der Waals surface area contributed by atoms with Crippen molar-refractivity contribution in [2.45, 2.75) is 18.1 Å². The fraction of sp³-hybridized carbons (Fsp3) is 0.200. The third-order valence-electron chi connectivity index (χ3n) is 4.52. The van der Waals surface area contributed by atoms with Crippen LogP contribution in [0.25, 0.3) is 15.9 Å². The number of aromatic nitrogens is 4. The maximum atomic E-state index is 12.7. The first-order valence-corrected chi connectivity index (χ1v) is 10.6. The van der Waals surface area contributed by atoms with Gasteiger partial charge in [-0.2, -0.15) is 0 Å². The number of para-hydroxylation sites is 2. The van der Waals surface area contributed by atoms with E-state index in [1.165, 1.54) is 11.8 Å². The molecule has 0 aliphatic carbocycles. The summed E-state index contributed by atoms with van der Waals surface area (Å²) >= 11 is 3.01. The highest BCUT2D eigenvalue weighted by Crippen LogP contribution is 2.29. The van der Waals surface area contributed by atoms with Crippen molar-refractivity contribution in [2.24, 2.45) is 0 Å². The number of hydrogen-bond acceptors (Lipinski definition) is 6. The van der Waals surface area contributed by atoms with Gasteiger partial charge in [0.05, 0.1) is 22.0 Å². The normalized spacial score (nSPS) is 12.2. The average Bonchev–Trinajstić information content (AvgIpc) is 3.38. The highest BCUT2D eigenvalue weighted by molar-refractivity contribution is 7.99. The smallest absolute Gasteiger partial charge is 0.233 e. The number of carbonyl (C=O) groups is 1. The zero-order chi connectivity index (χ0) is 19.5. The van der Waals surface area contributed by atoms with Crippen LogP contribution in [0.5, 0.6) is 0 Å². The van der Waals surface area contributed by atoms with Crippen molar-refractivity contribution in [1.82, 2.24) is 24.6 Å². The molecular formula is C20H19N5OS2. The molecule has 0 saturated carbocycles. The summed E-state index contributed by atoms with van der Waals surface area (Å²) in [5.41, 5.74) is 1.94. The monoisotopic (exact) mass is 409 g/mol. The molecule has 2 aromatic heterocycles. The maximum Gasteiger partial charge on any atom is 0.233 e. The summed E-state index contributed by atoms with van der Waals surface area (Å²) in [7, 11) is 1.82. The van der Waals surface area contributed by atoms with E-state index in [-0.39, 0.29) is 17.7 Å². The Morgan fingerprint density at radius 1 is 1.18 bits per heavy atom. The molecule has 0 saturated heterocycles. The minimum atomic E-state index is -0.0857. The van der Waals surface area contributed by atoms with Crippen LogP contribution < -0.4 is 0 Å². The minimum absolute atomic E-state index is 0.0272. The van der Waals surface area contributed by atoms with Gasteiger partial charge in [-0.15, -0.1) is 21.5 Å². The Kier molecular flexibility index (Phi) is 5.40. The summed E-state index contributed by atoms with van der Waals surface area (Å²) in [5, 5.41) is 9.77. The first kappa shape index (κ1) is 18.6. The van der Waals surface area contributed by atoms with Crippen molar-refractivity contribution in [3.05, 3.63) is 65.9 Å². The van der Waals surface area contributed by atoms with E-state index in [2.05, 4.69) is 21.2 Å². The molecule has 0 fully saturated rings. The van der Waals surface area contributed by atoms with Gasteiger partial charge in [0.15, 0.2) is 5.16 Å². The van der Waals surface area contributed by atoms with Crippen LogP contribution in [0.15, 0.2) is 66.1 Å². The number of fused-ring (bicyclic) bond motifs is 1. The van der Waals surface area contributed by atoms with Crippen molar-refractivity contribution in [1.29, 1.82) is 0 Å². The minimum Gasteiger partial charge on any atom is -0.336 e. The van der Waals surface area contributed by atoms with Crippen LogP contribution in [0.3, 0.4) is 0 Å². The number of rotatable bonds is 6. The molecule has 0 aliphatic rings. The Morgan fingerprint density at radius 3 is 2.71 bits per heavy atom. The molecule has 142 valence electrons. The van der Waals surface area contributed by atoms with Crippen LogP contribution >= 0.6 is 23.1 Å². The van der Waals surface area contributed by atoms with E-state index in [0.717, 1.165) is 20.9 Å². The number of benzene rings is 2. The molecule has 0 bridgehead atoms. The van der Waals surface area contributed by atoms with Crippen molar-refractivity contribution < 1.29 is 4.79 Å². The molecule has 0 spiro atoms. The zero-order valence-corrected chi connectivity index (χ0v) is 17.2. The predicted molar refractivity (Wildman–Crippen MR) is 113 cm³/mol. The summed E-state index contributed by atoms with van der Waals surface area (Å²) in [6.45, 7) is 2.01. The van der Waals surface area contributed by atoms with E-state index in [0.29, 0.717) is 5.16 Å². The van der Waals surface area contributed by atoms with E-state index in [1.807, 2.05) is 67.1 Å². The summed E-state index contributed by atoms with van der Waals surface area (Å²) in [5.74, 6) is 0.316. The second-order valence-corrected chi connectivity index (χ2v) is 8.31. The molecule has 4 aromatic rings. The van der Waals surface area contributed by atoms with Gasteiger partial charge >= 0.3 is 0 Å². The van der Waals surface area contributed by atoms with E-state index in [4.69, 9.17) is 0 Å². The van der Waals surface area contributed by atoms with Gasteiger partial charge in [-0.1, -0.05) is 42.1 Å². The van der Waals surface area contributed by atoms with Crippen LogP contribution in [0.1, 0.15) is 18.0 Å². The summed E-state index contributed by atoms with van der Waals surface area (Å²) in [6.07, 6.45) is 1.66. The summed E-state index contributed by atoms with van der Waals surface area (Å²) < 4.78 is 3.02. The standard InChI is InChI=1S/C20H19N5OS2/c1-14(19-22-16-10-6-7-11-17(16)28-19)24(2)18(26)12-27-20-23-21-13-25(20)15-8-4-3-5-9-15/h3-11,13-14H,12H2,1-2H3/t14-/m0/s1. The molecule has 6 nitrogen and oxygen atoms in total. The lowest BCUT2D eigenvalue weighted by atomic mass is 10.3. The van der Waals surface area contributed by atoms with Crippen molar-refractivity contribution in [3.8, 4) is 5.69 Å². The lowest BCUT2D eigenvalue weighted by Crippen LogP contribution is -2.31. The molecule has 1 amide bonds. The van der Waals surface area contributed by atoms with Crippen LogP contribution in [0.4, 0.5) is 0 Å².